The van der Waals surface area contributed by atoms with Gasteiger partial charge in [-0.15, -0.1) is 0 Å². The van der Waals surface area contributed by atoms with Gasteiger partial charge >= 0.3 is 0 Å². The molecule has 1 aliphatic rings. The van der Waals surface area contributed by atoms with Crippen molar-refractivity contribution in [2.45, 2.75) is 6.04 Å². The zero-order valence-corrected chi connectivity index (χ0v) is 17.0. The molecule has 31 heavy (non-hydrogen) atoms. The number of hydrogen-bond donors (Lipinski definition) is 2. The van der Waals surface area contributed by atoms with Crippen LogP contribution in [-0.2, 0) is 14.3 Å². The first kappa shape index (κ1) is 22.4. The molecule has 0 bridgehead atoms. The summed E-state index contributed by atoms with van der Waals surface area (Å²) in [6.07, 6.45) is 0. The first-order valence-corrected chi connectivity index (χ1v) is 9.70. The minimum absolute atomic E-state index is 0.0313. The third kappa shape index (κ3) is 4.74. The number of ketones is 1. The fourth-order valence-corrected chi connectivity index (χ4v) is 3.48. The van der Waals surface area contributed by atoms with Crippen LogP contribution in [0.2, 0.25) is 5.02 Å². The molecule has 1 aliphatic heterocycles. The Morgan fingerprint density at radius 1 is 1.16 bits per heavy atom. The highest BCUT2D eigenvalue weighted by atomic mass is 35.5. The number of nitro groups is 1. The van der Waals surface area contributed by atoms with Crippen LogP contribution in [0.1, 0.15) is 17.2 Å². The molecule has 1 heterocycles. The largest absolute Gasteiger partial charge is 0.507 e. The van der Waals surface area contributed by atoms with Crippen molar-refractivity contribution in [3.05, 3.63) is 80.4 Å². The average molecular weight is 447 g/mol. The van der Waals surface area contributed by atoms with E-state index >= 15 is 0 Å². The van der Waals surface area contributed by atoms with Crippen molar-refractivity contribution in [1.82, 2.24) is 4.90 Å². The summed E-state index contributed by atoms with van der Waals surface area (Å²) in [4.78, 5) is 37.3. The van der Waals surface area contributed by atoms with Crippen LogP contribution in [0.25, 0.3) is 5.76 Å². The third-order valence-corrected chi connectivity index (χ3v) is 5.02. The molecule has 1 atom stereocenters. The van der Waals surface area contributed by atoms with Crippen LogP contribution in [-0.4, -0.2) is 58.1 Å². The predicted molar refractivity (Wildman–Crippen MR) is 111 cm³/mol. The van der Waals surface area contributed by atoms with Crippen LogP contribution in [0.4, 0.5) is 5.69 Å². The number of likely N-dealkylation sites (tertiary alicyclic amines) is 1. The molecule has 9 nitrogen and oxygen atoms in total. The van der Waals surface area contributed by atoms with E-state index in [4.69, 9.17) is 21.4 Å². The van der Waals surface area contributed by atoms with E-state index in [0.717, 1.165) is 6.07 Å². The van der Waals surface area contributed by atoms with Crippen molar-refractivity contribution < 1.29 is 29.5 Å². The number of carbonyl (C=O) groups is 2. The highest BCUT2D eigenvalue weighted by molar-refractivity contribution is 6.46. The molecule has 2 aromatic rings. The summed E-state index contributed by atoms with van der Waals surface area (Å²) in [6, 6.07) is 10.7. The fraction of sp³-hybridized carbons (Fsp3) is 0.238. The second-order valence-corrected chi connectivity index (χ2v) is 7.12. The van der Waals surface area contributed by atoms with E-state index in [1.165, 1.54) is 23.1 Å². The van der Waals surface area contributed by atoms with Gasteiger partial charge in [-0.05, 0) is 17.7 Å². The van der Waals surface area contributed by atoms with E-state index < -0.39 is 28.4 Å². The number of nitro benzene ring substituents is 1. The SMILES string of the molecule is O=C1C(=O)N(CCOCCO)C(c2ccc(Cl)cc2)/C1=C(\O)c1cccc([N+](=O)[O-])c1. The van der Waals surface area contributed by atoms with E-state index in [2.05, 4.69) is 0 Å². The van der Waals surface area contributed by atoms with Gasteiger partial charge in [-0.1, -0.05) is 35.9 Å². The van der Waals surface area contributed by atoms with E-state index in [1.807, 2.05) is 0 Å². The van der Waals surface area contributed by atoms with E-state index in [9.17, 15) is 24.8 Å². The van der Waals surface area contributed by atoms with Crippen LogP contribution >= 0.6 is 11.6 Å². The van der Waals surface area contributed by atoms with Crippen molar-refractivity contribution in [3.8, 4) is 0 Å². The fourth-order valence-electron chi connectivity index (χ4n) is 3.35. The number of aliphatic hydroxyl groups excluding tert-OH is 2. The summed E-state index contributed by atoms with van der Waals surface area (Å²) in [6.45, 7) is -0.0203. The Balaban J connectivity index is 2.09. The Kier molecular flexibility index (Phi) is 7.01. The normalized spacial score (nSPS) is 17.9. The number of Topliss-reactive ketones (excluding diaryl/α,β-unsaturated/α-hetero) is 1. The van der Waals surface area contributed by atoms with Crippen molar-refractivity contribution >= 4 is 34.7 Å². The number of benzene rings is 2. The first-order valence-electron chi connectivity index (χ1n) is 9.32. The minimum atomic E-state index is -0.936. The number of ether oxygens (including phenoxy) is 1. The van der Waals surface area contributed by atoms with Crippen LogP contribution in [0.5, 0.6) is 0 Å². The molecule has 1 fully saturated rings. The van der Waals surface area contributed by atoms with Gasteiger partial charge in [-0.3, -0.25) is 19.7 Å². The highest BCUT2D eigenvalue weighted by Gasteiger charge is 2.45. The zero-order valence-electron chi connectivity index (χ0n) is 16.2. The molecule has 162 valence electrons. The van der Waals surface area contributed by atoms with Gasteiger partial charge < -0.3 is 19.8 Å². The molecule has 2 N–H and O–H groups in total. The van der Waals surface area contributed by atoms with Gasteiger partial charge in [0.1, 0.15) is 5.76 Å². The molecule has 0 radical (unpaired) electrons. The molecule has 0 aromatic heterocycles. The summed E-state index contributed by atoms with van der Waals surface area (Å²) < 4.78 is 5.22. The standard InChI is InChI=1S/C21H19ClN2O7/c22-15-6-4-13(5-7-15)18-17(19(26)14-2-1-3-16(12-14)24(29)30)20(27)21(28)23(18)8-10-31-11-9-25/h1-7,12,18,25-26H,8-11H2/b19-17+. The predicted octanol–water partition coefficient (Wildman–Crippen LogP) is 2.68. The number of non-ortho nitro benzene ring substituents is 1. The maximum absolute atomic E-state index is 12.8. The number of rotatable bonds is 8. The molecule has 10 heteroatoms. The number of aliphatic hydroxyl groups is 2. The molecule has 1 saturated heterocycles. The molecule has 2 aromatic carbocycles. The van der Waals surface area contributed by atoms with Crippen LogP contribution < -0.4 is 0 Å². The quantitative estimate of drug-likeness (QED) is 0.159. The molecule has 0 saturated carbocycles. The second-order valence-electron chi connectivity index (χ2n) is 6.69. The van der Waals surface area contributed by atoms with Crippen molar-refractivity contribution in [2.75, 3.05) is 26.4 Å². The monoisotopic (exact) mass is 446 g/mol. The lowest BCUT2D eigenvalue weighted by molar-refractivity contribution is -0.384. The van der Waals surface area contributed by atoms with E-state index in [1.54, 1.807) is 24.3 Å². The molecule has 0 spiro atoms. The number of amides is 1. The molecule has 1 unspecified atom stereocenters. The van der Waals surface area contributed by atoms with Gasteiger partial charge in [0.2, 0.25) is 0 Å². The van der Waals surface area contributed by atoms with Crippen LogP contribution in [0, 0.1) is 10.1 Å². The van der Waals surface area contributed by atoms with Gasteiger partial charge in [0.25, 0.3) is 17.4 Å². The van der Waals surface area contributed by atoms with Crippen molar-refractivity contribution in [3.63, 3.8) is 0 Å². The van der Waals surface area contributed by atoms with E-state index in [-0.39, 0.29) is 43.2 Å². The molecule has 1 amide bonds. The van der Waals surface area contributed by atoms with Crippen LogP contribution in [0.15, 0.2) is 54.1 Å². The summed E-state index contributed by atoms with van der Waals surface area (Å²) in [5.74, 6) is -2.26. The van der Waals surface area contributed by atoms with Gasteiger partial charge in [-0.2, -0.15) is 0 Å². The number of hydrogen-bond acceptors (Lipinski definition) is 7. The average Bonchev–Trinajstić information content (AvgIpc) is 3.01. The molecule has 0 aliphatic carbocycles. The lowest BCUT2D eigenvalue weighted by atomic mass is 9.95. The summed E-state index contributed by atoms with van der Waals surface area (Å²) in [5.41, 5.74) is 0.120. The third-order valence-electron chi connectivity index (χ3n) is 4.77. The Morgan fingerprint density at radius 3 is 2.52 bits per heavy atom. The Labute approximate surface area is 182 Å². The number of carbonyl (C=O) groups excluding carboxylic acids is 2. The molecular formula is C21H19ClN2O7. The first-order chi connectivity index (χ1) is 14.8. The van der Waals surface area contributed by atoms with E-state index in [0.29, 0.717) is 10.6 Å². The van der Waals surface area contributed by atoms with Crippen molar-refractivity contribution in [1.29, 1.82) is 0 Å². The topological polar surface area (TPSA) is 130 Å². The molecule has 3 rings (SSSR count). The zero-order chi connectivity index (χ0) is 22.5. The minimum Gasteiger partial charge on any atom is -0.507 e. The van der Waals surface area contributed by atoms with Gasteiger partial charge in [-0.25, -0.2) is 0 Å². The Morgan fingerprint density at radius 2 is 1.87 bits per heavy atom. The van der Waals surface area contributed by atoms with Gasteiger partial charge in [0.05, 0.1) is 36.4 Å². The van der Waals surface area contributed by atoms with Gasteiger partial charge in [0, 0.05) is 29.3 Å². The Hall–Kier alpha value is -3.27. The highest BCUT2D eigenvalue weighted by Crippen LogP contribution is 2.39. The lowest BCUT2D eigenvalue weighted by Gasteiger charge is -2.25. The van der Waals surface area contributed by atoms with Crippen LogP contribution in [0.3, 0.4) is 0 Å². The summed E-state index contributed by atoms with van der Waals surface area (Å²) in [5, 5.41) is 31.3. The smallest absolute Gasteiger partial charge is 0.295 e. The van der Waals surface area contributed by atoms with Gasteiger partial charge in [0.15, 0.2) is 0 Å². The van der Waals surface area contributed by atoms with Crippen molar-refractivity contribution in [2.24, 2.45) is 0 Å². The molecular weight excluding hydrogens is 428 g/mol. The number of halogens is 1. The Bertz CT molecular complexity index is 1040. The summed E-state index contributed by atoms with van der Waals surface area (Å²) in [7, 11) is 0. The maximum Gasteiger partial charge on any atom is 0.295 e. The second kappa shape index (κ2) is 9.69. The number of nitrogens with zero attached hydrogens (tertiary/aromatic N) is 2. The lowest BCUT2D eigenvalue weighted by Crippen LogP contribution is -2.33. The summed E-state index contributed by atoms with van der Waals surface area (Å²) >= 11 is 5.96. The maximum atomic E-state index is 12.8.